The van der Waals surface area contributed by atoms with E-state index in [1.54, 1.807) is 12.1 Å². The molecule has 2 aliphatic rings. The fourth-order valence-electron chi connectivity index (χ4n) is 3.50. The fraction of sp³-hybridized carbons (Fsp3) is 0.500. The van der Waals surface area contributed by atoms with Crippen molar-refractivity contribution in [3.63, 3.8) is 0 Å². The molecule has 1 aliphatic carbocycles. The van der Waals surface area contributed by atoms with Gasteiger partial charge in [0.05, 0.1) is 0 Å². The molecule has 0 bridgehead atoms. The van der Waals surface area contributed by atoms with Crippen molar-refractivity contribution in [2.75, 3.05) is 35.6 Å². The van der Waals surface area contributed by atoms with Gasteiger partial charge in [0.1, 0.15) is 0 Å². The van der Waals surface area contributed by atoms with Gasteiger partial charge in [0.25, 0.3) is 0 Å². The number of carbonyl (C=O) groups excluding carboxylic acids is 1. The molecule has 0 spiro atoms. The zero-order chi connectivity index (χ0) is 20.2. The first-order valence-electron chi connectivity index (χ1n) is 10.2. The Morgan fingerprint density at radius 3 is 2.66 bits per heavy atom. The summed E-state index contributed by atoms with van der Waals surface area (Å²) in [5.41, 5.74) is 7.56. The maximum atomic E-state index is 11.5. The highest BCUT2D eigenvalue weighted by molar-refractivity contribution is 5.94. The number of nitrogens with two attached hydrogens (primary N) is 1. The molecule has 1 saturated heterocycles. The third-order valence-corrected chi connectivity index (χ3v) is 5.57. The number of hydrogen-bond donors (Lipinski definition) is 5. The molecule has 2 heterocycles. The molecular formula is C20H28N8O. The maximum Gasteiger partial charge on any atom is 0.248 e. The van der Waals surface area contributed by atoms with Gasteiger partial charge in [0, 0.05) is 30.4 Å². The number of nitrogens with zero attached hydrogens (tertiary/aromatic N) is 3. The van der Waals surface area contributed by atoms with Crippen molar-refractivity contribution in [3.05, 3.63) is 29.3 Å². The molecule has 0 radical (unpaired) electrons. The second-order valence-electron chi connectivity index (χ2n) is 7.84. The van der Waals surface area contributed by atoms with Crippen molar-refractivity contribution >= 4 is 29.4 Å². The molecule has 2 aromatic rings. The van der Waals surface area contributed by atoms with Crippen LogP contribution in [-0.4, -0.2) is 46.5 Å². The van der Waals surface area contributed by atoms with Gasteiger partial charge in [-0.3, -0.25) is 4.79 Å². The quantitative estimate of drug-likeness (QED) is 0.458. The van der Waals surface area contributed by atoms with Gasteiger partial charge in [-0.25, -0.2) is 0 Å². The molecule has 1 aliphatic heterocycles. The molecule has 2 fully saturated rings. The number of nitrogens with one attached hydrogen (secondary N) is 4. The molecule has 154 valence electrons. The summed E-state index contributed by atoms with van der Waals surface area (Å²) < 4.78 is 0. The van der Waals surface area contributed by atoms with Crippen LogP contribution in [0.25, 0.3) is 0 Å². The van der Waals surface area contributed by atoms with Crippen molar-refractivity contribution in [1.29, 1.82) is 0 Å². The van der Waals surface area contributed by atoms with Crippen LogP contribution in [0.2, 0.25) is 0 Å². The first kappa shape index (κ1) is 19.4. The molecule has 0 unspecified atom stereocenters. The SMILES string of the molecule is Cc1ccc(C(N)=O)cc1Nc1nc(NCC2CCC2)nc(N[C@@H]2CCNC2)n1. The lowest BCUT2D eigenvalue weighted by atomic mass is 9.85. The minimum Gasteiger partial charge on any atom is -0.366 e. The van der Waals surface area contributed by atoms with Crippen LogP contribution in [0, 0.1) is 12.8 Å². The Morgan fingerprint density at radius 2 is 1.97 bits per heavy atom. The smallest absolute Gasteiger partial charge is 0.248 e. The number of primary amides is 1. The van der Waals surface area contributed by atoms with Crippen LogP contribution < -0.4 is 27.0 Å². The molecule has 1 aromatic heterocycles. The zero-order valence-corrected chi connectivity index (χ0v) is 16.7. The van der Waals surface area contributed by atoms with Crippen LogP contribution in [-0.2, 0) is 0 Å². The molecule has 1 aromatic carbocycles. The fourth-order valence-corrected chi connectivity index (χ4v) is 3.50. The maximum absolute atomic E-state index is 11.5. The predicted molar refractivity (Wildman–Crippen MR) is 114 cm³/mol. The van der Waals surface area contributed by atoms with Crippen LogP contribution in [0.1, 0.15) is 41.6 Å². The normalized spacial score (nSPS) is 18.9. The number of rotatable bonds is 8. The standard InChI is InChI=1S/C20H28N8O/c1-12-5-6-14(17(21)29)9-16(12)25-20-27-18(23-10-13-3-2-4-13)26-19(28-20)24-15-7-8-22-11-15/h5-6,9,13,15,22H,2-4,7-8,10-11H2,1H3,(H2,21,29)(H3,23,24,25,26,27,28)/t15-/m1/s1. The first-order valence-corrected chi connectivity index (χ1v) is 10.2. The minimum absolute atomic E-state index is 0.296. The Morgan fingerprint density at radius 1 is 1.17 bits per heavy atom. The second-order valence-corrected chi connectivity index (χ2v) is 7.84. The van der Waals surface area contributed by atoms with Crippen molar-refractivity contribution in [3.8, 4) is 0 Å². The third-order valence-electron chi connectivity index (χ3n) is 5.57. The number of amides is 1. The molecule has 4 rings (SSSR count). The predicted octanol–water partition coefficient (Wildman–Crippen LogP) is 2.01. The summed E-state index contributed by atoms with van der Waals surface area (Å²) in [6.45, 7) is 4.69. The Hall–Kier alpha value is -2.94. The van der Waals surface area contributed by atoms with E-state index in [-0.39, 0.29) is 0 Å². The number of aryl methyl sites for hydroxylation is 1. The average Bonchev–Trinajstić information content (AvgIpc) is 3.15. The Bertz CT molecular complexity index is 877. The molecule has 1 saturated carbocycles. The second kappa shape index (κ2) is 8.60. The van der Waals surface area contributed by atoms with Crippen molar-refractivity contribution < 1.29 is 4.79 Å². The van der Waals surface area contributed by atoms with E-state index < -0.39 is 5.91 Å². The Balaban J connectivity index is 1.56. The van der Waals surface area contributed by atoms with Crippen molar-refractivity contribution in [1.82, 2.24) is 20.3 Å². The molecule has 9 heteroatoms. The lowest BCUT2D eigenvalue weighted by molar-refractivity contribution is 0.100. The average molecular weight is 396 g/mol. The van der Waals surface area contributed by atoms with E-state index in [0.717, 1.165) is 37.3 Å². The summed E-state index contributed by atoms with van der Waals surface area (Å²) >= 11 is 0. The molecule has 1 atom stereocenters. The summed E-state index contributed by atoms with van der Waals surface area (Å²) in [7, 11) is 0. The molecule has 29 heavy (non-hydrogen) atoms. The van der Waals surface area contributed by atoms with E-state index in [9.17, 15) is 4.79 Å². The van der Waals surface area contributed by atoms with Crippen LogP contribution in [0.5, 0.6) is 0 Å². The highest BCUT2D eigenvalue weighted by Gasteiger charge is 2.19. The van der Waals surface area contributed by atoms with Crippen LogP contribution >= 0.6 is 0 Å². The van der Waals surface area contributed by atoms with Crippen LogP contribution in [0.4, 0.5) is 23.5 Å². The van der Waals surface area contributed by atoms with Crippen LogP contribution in [0.3, 0.4) is 0 Å². The van der Waals surface area contributed by atoms with Gasteiger partial charge in [-0.2, -0.15) is 15.0 Å². The van der Waals surface area contributed by atoms with E-state index in [4.69, 9.17) is 5.73 Å². The number of aromatic nitrogens is 3. The first-order chi connectivity index (χ1) is 14.1. The van der Waals surface area contributed by atoms with Gasteiger partial charge < -0.3 is 27.0 Å². The van der Waals surface area contributed by atoms with E-state index in [1.807, 2.05) is 13.0 Å². The third kappa shape index (κ3) is 4.92. The van der Waals surface area contributed by atoms with E-state index in [1.165, 1.54) is 19.3 Å². The largest absolute Gasteiger partial charge is 0.366 e. The van der Waals surface area contributed by atoms with E-state index in [0.29, 0.717) is 35.4 Å². The van der Waals surface area contributed by atoms with Crippen LogP contribution in [0.15, 0.2) is 18.2 Å². The number of anilines is 4. The zero-order valence-electron chi connectivity index (χ0n) is 16.7. The lowest BCUT2D eigenvalue weighted by Crippen LogP contribution is -2.25. The highest BCUT2D eigenvalue weighted by Crippen LogP contribution is 2.26. The topological polar surface area (TPSA) is 130 Å². The van der Waals surface area contributed by atoms with Gasteiger partial charge >= 0.3 is 0 Å². The minimum atomic E-state index is -0.470. The van der Waals surface area contributed by atoms with Gasteiger partial charge in [-0.05, 0) is 56.3 Å². The van der Waals surface area contributed by atoms with Gasteiger partial charge in [-0.15, -0.1) is 0 Å². The van der Waals surface area contributed by atoms with Gasteiger partial charge in [0.2, 0.25) is 23.8 Å². The molecule has 1 amide bonds. The number of benzene rings is 1. The van der Waals surface area contributed by atoms with Gasteiger partial charge in [-0.1, -0.05) is 12.5 Å². The highest BCUT2D eigenvalue weighted by atomic mass is 16.1. The number of carbonyl (C=O) groups is 1. The van der Waals surface area contributed by atoms with E-state index in [2.05, 4.69) is 36.2 Å². The summed E-state index contributed by atoms with van der Waals surface area (Å²) in [6.07, 6.45) is 4.83. The number of hydrogen-bond acceptors (Lipinski definition) is 8. The van der Waals surface area contributed by atoms with Crippen molar-refractivity contribution in [2.45, 2.75) is 38.6 Å². The van der Waals surface area contributed by atoms with E-state index >= 15 is 0 Å². The molecular weight excluding hydrogens is 368 g/mol. The summed E-state index contributed by atoms with van der Waals surface area (Å²) in [6, 6.07) is 5.58. The molecule has 6 N–H and O–H groups in total. The molecule has 9 nitrogen and oxygen atoms in total. The monoisotopic (exact) mass is 396 g/mol. The van der Waals surface area contributed by atoms with Gasteiger partial charge in [0.15, 0.2) is 0 Å². The van der Waals surface area contributed by atoms with Crippen molar-refractivity contribution in [2.24, 2.45) is 11.7 Å². The summed E-state index contributed by atoms with van der Waals surface area (Å²) in [5.74, 6) is 1.73. The lowest BCUT2D eigenvalue weighted by Gasteiger charge is -2.25. The Kier molecular flexibility index (Phi) is 5.75. The summed E-state index contributed by atoms with van der Waals surface area (Å²) in [4.78, 5) is 25.2. The Labute approximate surface area is 170 Å². The summed E-state index contributed by atoms with van der Waals surface area (Å²) in [5, 5.41) is 13.3.